The Kier molecular flexibility index (Phi) is 4.27. The van der Waals surface area contributed by atoms with Gasteiger partial charge in [-0.05, 0) is 43.4 Å². The number of hydrogen-bond donors (Lipinski definition) is 2. The monoisotopic (exact) mass is 319 g/mol. The summed E-state index contributed by atoms with van der Waals surface area (Å²) in [4.78, 5) is 23.1. The SMILES string of the molecule is COc1ccc(C2CC(=O)NN2C(N)=O)cc1OC1CCCC1. The maximum absolute atomic E-state index is 11.6. The molecular weight excluding hydrogens is 298 g/mol. The molecule has 1 saturated heterocycles. The fourth-order valence-electron chi connectivity index (χ4n) is 3.18. The van der Waals surface area contributed by atoms with Crippen molar-refractivity contribution in [3.63, 3.8) is 0 Å². The molecule has 1 aliphatic carbocycles. The predicted molar refractivity (Wildman–Crippen MR) is 82.8 cm³/mol. The average Bonchev–Trinajstić information content (AvgIpc) is 3.16. The molecule has 7 heteroatoms. The number of carbonyl (C=O) groups is 2. The number of hydrogen-bond acceptors (Lipinski definition) is 4. The summed E-state index contributed by atoms with van der Waals surface area (Å²) in [6.45, 7) is 0. The summed E-state index contributed by atoms with van der Waals surface area (Å²) in [6.07, 6.45) is 4.77. The van der Waals surface area contributed by atoms with Crippen LogP contribution in [0.25, 0.3) is 0 Å². The first kappa shape index (κ1) is 15.5. The number of ether oxygens (including phenoxy) is 2. The summed E-state index contributed by atoms with van der Waals surface area (Å²) < 4.78 is 11.4. The summed E-state index contributed by atoms with van der Waals surface area (Å²) in [5.74, 6) is 1.05. The van der Waals surface area contributed by atoms with E-state index in [-0.39, 0.29) is 18.4 Å². The second-order valence-corrected chi connectivity index (χ2v) is 5.90. The van der Waals surface area contributed by atoms with Gasteiger partial charge >= 0.3 is 6.03 Å². The number of carbonyl (C=O) groups excluding carboxylic acids is 2. The standard InChI is InChI=1S/C16H21N3O4/c1-22-13-7-6-10(8-14(13)23-11-4-2-3-5-11)12-9-15(20)18-19(12)16(17)21/h6-8,11-12H,2-5,9H2,1H3,(H2,17,21)(H,18,20). The van der Waals surface area contributed by atoms with Crippen LogP contribution in [0.4, 0.5) is 4.79 Å². The van der Waals surface area contributed by atoms with Crippen molar-refractivity contribution < 1.29 is 19.1 Å². The lowest BCUT2D eigenvalue weighted by Gasteiger charge is -2.23. The predicted octanol–water partition coefficient (Wildman–Crippen LogP) is 1.87. The number of methoxy groups -OCH3 is 1. The van der Waals surface area contributed by atoms with Crippen molar-refractivity contribution in [2.24, 2.45) is 5.73 Å². The highest BCUT2D eigenvalue weighted by Gasteiger charge is 2.34. The number of urea groups is 1. The lowest BCUT2D eigenvalue weighted by molar-refractivity contribution is -0.120. The molecule has 124 valence electrons. The normalized spacial score (nSPS) is 21.3. The molecule has 2 fully saturated rings. The van der Waals surface area contributed by atoms with Gasteiger partial charge in [-0.3, -0.25) is 10.2 Å². The van der Waals surface area contributed by atoms with Crippen molar-refractivity contribution in [2.75, 3.05) is 7.11 Å². The third-order valence-electron chi connectivity index (χ3n) is 4.34. The van der Waals surface area contributed by atoms with Crippen LogP contribution in [0.3, 0.4) is 0 Å². The van der Waals surface area contributed by atoms with Gasteiger partial charge < -0.3 is 15.2 Å². The van der Waals surface area contributed by atoms with Crippen molar-refractivity contribution >= 4 is 11.9 Å². The molecule has 23 heavy (non-hydrogen) atoms. The Morgan fingerprint density at radius 1 is 1.30 bits per heavy atom. The molecule has 0 spiro atoms. The minimum absolute atomic E-state index is 0.179. The first-order valence-corrected chi connectivity index (χ1v) is 7.81. The second-order valence-electron chi connectivity index (χ2n) is 5.90. The Morgan fingerprint density at radius 2 is 2.04 bits per heavy atom. The van der Waals surface area contributed by atoms with Crippen LogP contribution >= 0.6 is 0 Å². The van der Waals surface area contributed by atoms with Crippen LogP contribution in [0.1, 0.15) is 43.7 Å². The number of nitrogens with one attached hydrogen (secondary N) is 1. The van der Waals surface area contributed by atoms with E-state index in [2.05, 4.69) is 5.43 Å². The number of nitrogens with two attached hydrogens (primary N) is 1. The Balaban J connectivity index is 1.87. The maximum atomic E-state index is 11.6. The molecule has 1 aromatic carbocycles. The topological polar surface area (TPSA) is 93.9 Å². The summed E-state index contributed by atoms with van der Waals surface area (Å²) in [5, 5.41) is 1.16. The van der Waals surface area contributed by atoms with Crippen molar-refractivity contribution in [2.45, 2.75) is 44.2 Å². The van der Waals surface area contributed by atoms with Gasteiger partial charge in [0.15, 0.2) is 11.5 Å². The van der Waals surface area contributed by atoms with Gasteiger partial charge in [0.25, 0.3) is 0 Å². The molecule has 1 aliphatic heterocycles. The number of nitrogens with zero attached hydrogens (tertiary/aromatic N) is 1. The quantitative estimate of drug-likeness (QED) is 0.886. The van der Waals surface area contributed by atoms with Crippen molar-refractivity contribution in [1.82, 2.24) is 10.4 Å². The van der Waals surface area contributed by atoms with Crippen LogP contribution in [0, 0.1) is 0 Å². The van der Waals surface area contributed by atoms with Crippen molar-refractivity contribution in [1.29, 1.82) is 0 Å². The molecule has 1 atom stereocenters. The Labute approximate surface area is 134 Å². The smallest absolute Gasteiger partial charge is 0.334 e. The lowest BCUT2D eigenvalue weighted by Crippen LogP contribution is -2.43. The Bertz CT molecular complexity index is 613. The minimum atomic E-state index is -0.685. The number of hydrazine groups is 1. The number of rotatable bonds is 4. The van der Waals surface area contributed by atoms with E-state index >= 15 is 0 Å². The number of primary amides is 1. The molecule has 1 aromatic rings. The van der Waals surface area contributed by atoms with Gasteiger partial charge in [0, 0.05) is 0 Å². The van der Waals surface area contributed by atoms with E-state index in [1.165, 1.54) is 12.8 Å². The largest absolute Gasteiger partial charge is 0.493 e. The zero-order valence-corrected chi connectivity index (χ0v) is 13.1. The molecule has 1 unspecified atom stereocenters. The first-order valence-electron chi connectivity index (χ1n) is 7.81. The van der Waals surface area contributed by atoms with Crippen LogP contribution in [0.15, 0.2) is 18.2 Å². The van der Waals surface area contributed by atoms with E-state index in [1.54, 1.807) is 13.2 Å². The van der Waals surface area contributed by atoms with Gasteiger partial charge in [-0.1, -0.05) is 6.07 Å². The van der Waals surface area contributed by atoms with Gasteiger partial charge in [-0.25, -0.2) is 9.80 Å². The van der Waals surface area contributed by atoms with E-state index in [9.17, 15) is 9.59 Å². The molecule has 0 aromatic heterocycles. The third-order valence-corrected chi connectivity index (χ3v) is 4.34. The van der Waals surface area contributed by atoms with Crippen LogP contribution < -0.4 is 20.6 Å². The fraction of sp³-hybridized carbons (Fsp3) is 0.500. The van der Waals surface area contributed by atoms with E-state index in [0.717, 1.165) is 23.4 Å². The molecule has 2 aliphatic rings. The second kappa shape index (κ2) is 6.36. The zero-order chi connectivity index (χ0) is 16.4. The van der Waals surface area contributed by atoms with E-state index in [0.29, 0.717) is 11.5 Å². The van der Waals surface area contributed by atoms with Gasteiger partial charge in [0.2, 0.25) is 5.91 Å². The Hall–Kier alpha value is -2.44. The van der Waals surface area contributed by atoms with Gasteiger partial charge in [-0.15, -0.1) is 0 Å². The number of benzene rings is 1. The molecule has 1 heterocycles. The van der Waals surface area contributed by atoms with Gasteiger partial charge in [0.05, 0.1) is 25.7 Å². The zero-order valence-electron chi connectivity index (χ0n) is 13.1. The minimum Gasteiger partial charge on any atom is -0.493 e. The molecular formula is C16H21N3O4. The molecule has 7 nitrogen and oxygen atoms in total. The summed E-state index contributed by atoms with van der Waals surface area (Å²) in [5.41, 5.74) is 8.59. The maximum Gasteiger partial charge on any atom is 0.334 e. The highest BCUT2D eigenvalue weighted by molar-refractivity contribution is 5.85. The molecule has 0 bridgehead atoms. The Morgan fingerprint density at radius 3 is 2.70 bits per heavy atom. The van der Waals surface area contributed by atoms with E-state index in [1.807, 2.05) is 12.1 Å². The van der Waals surface area contributed by atoms with Crippen LogP contribution in [-0.4, -0.2) is 30.2 Å². The van der Waals surface area contributed by atoms with Crippen molar-refractivity contribution in [3.8, 4) is 11.5 Å². The van der Waals surface area contributed by atoms with Crippen LogP contribution in [-0.2, 0) is 4.79 Å². The summed E-state index contributed by atoms with van der Waals surface area (Å²) in [7, 11) is 1.59. The highest BCUT2D eigenvalue weighted by Crippen LogP contribution is 2.36. The molecule has 3 N–H and O–H groups in total. The summed E-state index contributed by atoms with van der Waals surface area (Å²) in [6, 6.07) is 4.33. The number of amides is 3. The third kappa shape index (κ3) is 3.18. The fourth-order valence-corrected chi connectivity index (χ4v) is 3.18. The van der Waals surface area contributed by atoms with Crippen molar-refractivity contribution in [3.05, 3.63) is 23.8 Å². The molecule has 1 saturated carbocycles. The van der Waals surface area contributed by atoms with Crippen LogP contribution in [0.2, 0.25) is 0 Å². The highest BCUT2D eigenvalue weighted by atomic mass is 16.5. The molecule has 0 radical (unpaired) electrons. The van der Waals surface area contributed by atoms with Crippen LogP contribution in [0.5, 0.6) is 11.5 Å². The van der Waals surface area contributed by atoms with Gasteiger partial charge in [0.1, 0.15) is 0 Å². The van der Waals surface area contributed by atoms with E-state index in [4.69, 9.17) is 15.2 Å². The molecule has 3 amide bonds. The summed E-state index contributed by atoms with van der Waals surface area (Å²) >= 11 is 0. The molecule has 3 rings (SSSR count). The van der Waals surface area contributed by atoms with E-state index < -0.39 is 12.1 Å². The lowest BCUT2D eigenvalue weighted by atomic mass is 10.0. The van der Waals surface area contributed by atoms with Gasteiger partial charge in [-0.2, -0.15) is 0 Å². The first-order chi connectivity index (χ1) is 11.1. The average molecular weight is 319 g/mol.